The Morgan fingerprint density at radius 2 is 2.05 bits per heavy atom. The van der Waals surface area contributed by atoms with Crippen molar-refractivity contribution in [1.29, 1.82) is 5.26 Å². The summed E-state index contributed by atoms with van der Waals surface area (Å²) in [4.78, 5) is 0. The fourth-order valence-corrected chi connectivity index (χ4v) is 2.73. The number of nitrogens with zero attached hydrogens (tertiary/aromatic N) is 2. The van der Waals surface area contributed by atoms with Gasteiger partial charge in [0.2, 0.25) is 0 Å². The number of benzene rings is 1. The number of hydrogen-bond acceptors (Lipinski definition) is 2. The van der Waals surface area contributed by atoms with Gasteiger partial charge in [-0.25, -0.2) is 0 Å². The first-order valence-electron chi connectivity index (χ1n) is 6.42. The summed E-state index contributed by atoms with van der Waals surface area (Å²) in [5, 5.41) is 8.99. The van der Waals surface area contributed by atoms with Crippen LogP contribution in [0.25, 0.3) is 10.9 Å². The molecule has 0 aliphatic rings. The molecule has 1 atom stereocenters. The van der Waals surface area contributed by atoms with Gasteiger partial charge in [-0.3, -0.25) is 0 Å². The monoisotopic (exact) mass is 296 g/mol. The molecule has 1 unspecified atom stereocenters. The Morgan fingerprint density at radius 1 is 1.38 bits per heavy atom. The number of alkyl halides is 3. The third-order valence-corrected chi connectivity index (χ3v) is 3.47. The molecule has 0 saturated heterocycles. The summed E-state index contributed by atoms with van der Waals surface area (Å²) in [5.74, 6) is 0. The Kier molecular flexibility index (Phi) is 3.97. The number of nitriles is 1. The van der Waals surface area contributed by atoms with E-state index in [1.807, 2.05) is 6.92 Å². The minimum Gasteiger partial charge on any atom is -0.383 e. The van der Waals surface area contributed by atoms with E-state index < -0.39 is 11.7 Å². The van der Waals surface area contributed by atoms with E-state index in [0.717, 1.165) is 0 Å². The standard InChI is InChI=1S/C15H15F3N2O/c1-9-6-12-13(20(9)10(2)8-21-3)5-4-11(7-19)14(12)15(16,17)18/h4-6,10H,8H2,1-3H3. The van der Waals surface area contributed by atoms with Gasteiger partial charge in [0.05, 0.1) is 29.8 Å². The predicted molar refractivity (Wildman–Crippen MR) is 73.0 cm³/mol. The van der Waals surface area contributed by atoms with E-state index in [4.69, 9.17) is 10.00 Å². The normalized spacial score (nSPS) is 13.4. The van der Waals surface area contributed by atoms with Gasteiger partial charge in [0.1, 0.15) is 0 Å². The summed E-state index contributed by atoms with van der Waals surface area (Å²) >= 11 is 0. The van der Waals surface area contributed by atoms with Crippen LogP contribution in [0.2, 0.25) is 0 Å². The van der Waals surface area contributed by atoms with Crippen molar-refractivity contribution in [2.24, 2.45) is 0 Å². The predicted octanol–water partition coefficient (Wildman–Crippen LogP) is 4.05. The molecule has 0 aliphatic carbocycles. The number of aryl methyl sites for hydroxylation is 1. The Morgan fingerprint density at radius 3 is 2.57 bits per heavy atom. The molecule has 1 aromatic heterocycles. The molecule has 6 heteroatoms. The molecule has 112 valence electrons. The molecular formula is C15H15F3N2O. The molecule has 0 aliphatic heterocycles. The summed E-state index contributed by atoms with van der Waals surface area (Å²) < 4.78 is 46.7. The molecule has 1 aromatic carbocycles. The molecule has 0 saturated carbocycles. The lowest BCUT2D eigenvalue weighted by Gasteiger charge is -2.17. The Bertz CT molecular complexity index is 710. The maximum absolute atomic E-state index is 13.3. The zero-order valence-electron chi connectivity index (χ0n) is 12.0. The van der Waals surface area contributed by atoms with Crippen molar-refractivity contribution in [3.05, 3.63) is 35.0 Å². The number of halogens is 3. The highest BCUT2D eigenvalue weighted by Crippen LogP contribution is 2.39. The fourth-order valence-electron chi connectivity index (χ4n) is 2.73. The second-order valence-corrected chi connectivity index (χ2v) is 4.99. The van der Waals surface area contributed by atoms with Crippen molar-refractivity contribution in [2.75, 3.05) is 13.7 Å². The number of hydrogen-bond donors (Lipinski definition) is 0. The third-order valence-electron chi connectivity index (χ3n) is 3.47. The van der Waals surface area contributed by atoms with E-state index >= 15 is 0 Å². The summed E-state index contributed by atoms with van der Waals surface area (Å²) in [6, 6.07) is 5.79. The zero-order valence-corrected chi connectivity index (χ0v) is 12.0. The molecule has 2 rings (SSSR count). The van der Waals surface area contributed by atoms with E-state index in [1.54, 1.807) is 30.7 Å². The van der Waals surface area contributed by atoms with Crippen molar-refractivity contribution >= 4 is 10.9 Å². The second kappa shape index (κ2) is 5.41. The molecule has 0 fully saturated rings. The van der Waals surface area contributed by atoms with Crippen LogP contribution >= 0.6 is 0 Å². The molecule has 1 heterocycles. The van der Waals surface area contributed by atoms with E-state index in [2.05, 4.69) is 0 Å². The number of rotatable bonds is 3. The lowest BCUT2D eigenvalue weighted by molar-refractivity contribution is -0.136. The molecule has 0 spiro atoms. The summed E-state index contributed by atoms with van der Waals surface area (Å²) in [6.45, 7) is 4.02. The first kappa shape index (κ1) is 15.4. The molecule has 0 radical (unpaired) electrons. The van der Waals surface area contributed by atoms with Gasteiger partial charge >= 0.3 is 6.18 Å². The van der Waals surface area contributed by atoms with Gasteiger partial charge < -0.3 is 9.30 Å². The van der Waals surface area contributed by atoms with Crippen molar-refractivity contribution in [3.8, 4) is 6.07 Å². The van der Waals surface area contributed by atoms with Crippen LogP contribution < -0.4 is 0 Å². The van der Waals surface area contributed by atoms with Crippen molar-refractivity contribution in [2.45, 2.75) is 26.1 Å². The van der Waals surface area contributed by atoms with Crippen LogP contribution in [0.4, 0.5) is 13.2 Å². The highest BCUT2D eigenvalue weighted by atomic mass is 19.4. The van der Waals surface area contributed by atoms with Crippen LogP contribution in [-0.4, -0.2) is 18.3 Å². The number of ether oxygens (including phenoxy) is 1. The fraction of sp³-hybridized carbons (Fsp3) is 0.400. The molecule has 0 N–H and O–H groups in total. The number of aromatic nitrogens is 1. The van der Waals surface area contributed by atoms with E-state index in [9.17, 15) is 13.2 Å². The average molecular weight is 296 g/mol. The van der Waals surface area contributed by atoms with Crippen LogP contribution in [0.5, 0.6) is 0 Å². The van der Waals surface area contributed by atoms with Gasteiger partial charge in [0, 0.05) is 23.7 Å². The molecular weight excluding hydrogens is 281 g/mol. The zero-order chi connectivity index (χ0) is 15.8. The average Bonchev–Trinajstić information content (AvgIpc) is 2.72. The van der Waals surface area contributed by atoms with Crippen LogP contribution in [0.3, 0.4) is 0 Å². The Labute approximate surface area is 120 Å². The van der Waals surface area contributed by atoms with E-state index in [-0.39, 0.29) is 17.0 Å². The number of fused-ring (bicyclic) bond motifs is 1. The summed E-state index contributed by atoms with van der Waals surface area (Å²) in [6.07, 6.45) is -4.56. The molecule has 2 aromatic rings. The van der Waals surface area contributed by atoms with Crippen LogP contribution in [0.1, 0.15) is 29.8 Å². The quantitative estimate of drug-likeness (QED) is 0.857. The minimum absolute atomic E-state index is 0.0574. The van der Waals surface area contributed by atoms with Crippen LogP contribution in [-0.2, 0) is 10.9 Å². The van der Waals surface area contributed by atoms with E-state index in [0.29, 0.717) is 17.8 Å². The maximum Gasteiger partial charge on any atom is 0.418 e. The molecule has 3 nitrogen and oxygen atoms in total. The van der Waals surface area contributed by atoms with Gasteiger partial charge in [-0.1, -0.05) is 0 Å². The smallest absolute Gasteiger partial charge is 0.383 e. The van der Waals surface area contributed by atoms with Gasteiger partial charge in [-0.05, 0) is 32.0 Å². The third kappa shape index (κ3) is 2.61. The molecule has 0 bridgehead atoms. The second-order valence-electron chi connectivity index (χ2n) is 4.99. The first-order valence-corrected chi connectivity index (χ1v) is 6.42. The van der Waals surface area contributed by atoms with Crippen molar-refractivity contribution in [1.82, 2.24) is 4.57 Å². The van der Waals surface area contributed by atoms with Gasteiger partial charge in [-0.15, -0.1) is 0 Å². The first-order chi connectivity index (χ1) is 9.81. The SMILES string of the molecule is COCC(C)n1c(C)cc2c(C(F)(F)F)c(C#N)ccc21. The van der Waals surface area contributed by atoms with Crippen molar-refractivity contribution < 1.29 is 17.9 Å². The highest BCUT2D eigenvalue weighted by molar-refractivity contribution is 5.87. The van der Waals surface area contributed by atoms with Gasteiger partial charge in [0.25, 0.3) is 0 Å². The van der Waals surface area contributed by atoms with Crippen LogP contribution in [0.15, 0.2) is 18.2 Å². The molecule has 0 amide bonds. The lowest BCUT2D eigenvalue weighted by Crippen LogP contribution is -2.13. The Balaban J connectivity index is 2.79. The van der Waals surface area contributed by atoms with E-state index in [1.165, 1.54) is 12.1 Å². The number of methoxy groups -OCH3 is 1. The largest absolute Gasteiger partial charge is 0.418 e. The highest BCUT2D eigenvalue weighted by Gasteiger charge is 2.36. The minimum atomic E-state index is -4.56. The van der Waals surface area contributed by atoms with Crippen LogP contribution in [0, 0.1) is 18.3 Å². The molecule has 21 heavy (non-hydrogen) atoms. The Hall–Kier alpha value is -2.00. The topological polar surface area (TPSA) is 38.0 Å². The summed E-state index contributed by atoms with van der Waals surface area (Å²) in [5.41, 5.74) is -0.0565. The van der Waals surface area contributed by atoms with Gasteiger partial charge in [0.15, 0.2) is 0 Å². The van der Waals surface area contributed by atoms with Crippen molar-refractivity contribution in [3.63, 3.8) is 0 Å². The maximum atomic E-state index is 13.3. The summed E-state index contributed by atoms with van der Waals surface area (Å²) in [7, 11) is 1.55. The van der Waals surface area contributed by atoms with Gasteiger partial charge in [-0.2, -0.15) is 18.4 Å². The lowest BCUT2D eigenvalue weighted by atomic mass is 10.0.